The first-order valence-electron chi connectivity index (χ1n) is 15.9. The number of likely N-dealkylation sites (N-methyl/N-ethyl adjacent to an activating group) is 1. The van der Waals surface area contributed by atoms with Gasteiger partial charge in [-0.05, 0) is 75.0 Å². The van der Waals surface area contributed by atoms with Crippen molar-refractivity contribution < 1.29 is 14.3 Å². The topological polar surface area (TPSA) is 106 Å². The third-order valence-corrected chi connectivity index (χ3v) is 8.55. The van der Waals surface area contributed by atoms with Crippen LogP contribution in [0.3, 0.4) is 0 Å². The summed E-state index contributed by atoms with van der Waals surface area (Å²) in [7, 11) is 5.66. The van der Waals surface area contributed by atoms with E-state index in [1.54, 1.807) is 17.8 Å². The molecule has 10 nitrogen and oxygen atoms in total. The van der Waals surface area contributed by atoms with Gasteiger partial charge >= 0.3 is 0 Å². The number of carbonyl (C=O) groups excluding carboxylic acids is 1. The summed E-state index contributed by atoms with van der Waals surface area (Å²) in [5.74, 6) is 1.88. The Bertz CT molecular complexity index is 2070. The van der Waals surface area contributed by atoms with E-state index in [-0.39, 0.29) is 5.91 Å². The maximum Gasteiger partial charge on any atom is 0.235 e. The Labute approximate surface area is 279 Å². The number of anilines is 3. The van der Waals surface area contributed by atoms with Gasteiger partial charge in [0, 0.05) is 35.7 Å². The molecule has 242 valence electrons. The highest BCUT2D eigenvalue weighted by Crippen LogP contribution is 2.49. The minimum Gasteiger partial charge on any atom is -0.495 e. The summed E-state index contributed by atoms with van der Waals surface area (Å²) in [6, 6.07) is 31.3. The third kappa shape index (κ3) is 6.43. The van der Waals surface area contributed by atoms with Crippen LogP contribution in [0.25, 0.3) is 28.0 Å². The summed E-state index contributed by atoms with van der Waals surface area (Å²) in [5, 5.41) is 11.5. The van der Waals surface area contributed by atoms with Crippen LogP contribution in [0.2, 0.25) is 0 Å². The van der Waals surface area contributed by atoms with Crippen LogP contribution in [-0.4, -0.2) is 64.7 Å². The maximum atomic E-state index is 13.6. The van der Waals surface area contributed by atoms with Crippen LogP contribution in [0.15, 0.2) is 109 Å². The van der Waals surface area contributed by atoms with Gasteiger partial charge < -0.3 is 25.0 Å². The molecule has 3 aromatic carbocycles. The van der Waals surface area contributed by atoms with Gasteiger partial charge in [-0.3, -0.25) is 4.79 Å². The Balaban J connectivity index is 1.21. The van der Waals surface area contributed by atoms with E-state index in [0.717, 1.165) is 53.0 Å². The second-order valence-electron chi connectivity index (χ2n) is 12.2. The number of amides is 1. The van der Waals surface area contributed by atoms with E-state index < -0.39 is 5.41 Å². The Morgan fingerprint density at radius 3 is 2.52 bits per heavy atom. The number of nitrogens with one attached hydrogen (secondary N) is 2. The zero-order valence-corrected chi connectivity index (χ0v) is 27.2. The molecule has 0 unspecified atom stereocenters. The van der Waals surface area contributed by atoms with Crippen molar-refractivity contribution in [1.82, 2.24) is 24.5 Å². The van der Waals surface area contributed by atoms with Gasteiger partial charge in [0.2, 0.25) is 11.9 Å². The summed E-state index contributed by atoms with van der Waals surface area (Å²) in [6.45, 7) is 1.41. The molecule has 6 aromatic rings. The third-order valence-electron chi connectivity index (χ3n) is 8.55. The Hall–Kier alpha value is -5.74. The number of pyridine rings is 1. The van der Waals surface area contributed by atoms with Crippen LogP contribution in [0.4, 0.5) is 17.3 Å². The van der Waals surface area contributed by atoms with Crippen LogP contribution < -0.4 is 20.1 Å². The summed E-state index contributed by atoms with van der Waals surface area (Å²) in [4.78, 5) is 25.1. The molecule has 1 aliphatic carbocycles. The second kappa shape index (κ2) is 13.2. The zero-order chi connectivity index (χ0) is 33.1. The van der Waals surface area contributed by atoms with Gasteiger partial charge in [-0.1, -0.05) is 48.5 Å². The molecule has 0 spiro atoms. The summed E-state index contributed by atoms with van der Waals surface area (Å²) in [5.41, 5.74) is 6.01. The summed E-state index contributed by atoms with van der Waals surface area (Å²) in [6.07, 6.45) is 5.23. The minimum absolute atomic E-state index is 0.00416. The quantitative estimate of drug-likeness (QED) is 0.150. The SMILES string of the molecule is COc1ccc2c(-c3ccnc(Nc4cccc(OCCN(C)C)c4)n3)c(-c3cccc(NC(=O)C4(c5ccccc5)CC4)c3)nn2c1. The van der Waals surface area contributed by atoms with Crippen molar-refractivity contribution in [1.29, 1.82) is 0 Å². The van der Waals surface area contributed by atoms with Crippen LogP contribution >= 0.6 is 0 Å². The molecule has 0 atom stereocenters. The van der Waals surface area contributed by atoms with E-state index in [2.05, 4.69) is 20.5 Å². The number of aromatic nitrogens is 4. The number of rotatable bonds is 12. The summed E-state index contributed by atoms with van der Waals surface area (Å²) < 4.78 is 13.2. The number of hydrogen-bond donors (Lipinski definition) is 2. The van der Waals surface area contributed by atoms with Crippen LogP contribution in [0.5, 0.6) is 11.5 Å². The van der Waals surface area contributed by atoms with Crippen molar-refractivity contribution in [2.45, 2.75) is 18.3 Å². The molecule has 0 saturated heterocycles. The molecule has 48 heavy (non-hydrogen) atoms. The highest BCUT2D eigenvalue weighted by molar-refractivity contribution is 6.02. The molecular weight excluding hydrogens is 602 g/mol. The number of hydrogen-bond acceptors (Lipinski definition) is 8. The normalized spacial score (nSPS) is 13.3. The molecule has 0 aliphatic heterocycles. The number of nitrogens with zero attached hydrogens (tertiary/aromatic N) is 5. The van der Waals surface area contributed by atoms with Crippen molar-refractivity contribution in [3.63, 3.8) is 0 Å². The molecule has 0 radical (unpaired) electrons. The number of benzene rings is 3. The zero-order valence-electron chi connectivity index (χ0n) is 27.2. The van der Waals surface area contributed by atoms with Crippen molar-refractivity contribution in [2.75, 3.05) is 45.0 Å². The lowest BCUT2D eigenvalue weighted by Crippen LogP contribution is -2.27. The minimum atomic E-state index is -0.482. The molecule has 3 aromatic heterocycles. The Morgan fingerprint density at radius 1 is 0.917 bits per heavy atom. The van der Waals surface area contributed by atoms with Gasteiger partial charge in [0.05, 0.1) is 35.5 Å². The maximum absolute atomic E-state index is 13.6. The lowest BCUT2D eigenvalue weighted by molar-refractivity contribution is -0.118. The van der Waals surface area contributed by atoms with Gasteiger partial charge in [-0.25, -0.2) is 14.5 Å². The average Bonchev–Trinajstić information content (AvgIpc) is 3.83. The fourth-order valence-electron chi connectivity index (χ4n) is 5.83. The predicted molar refractivity (Wildman–Crippen MR) is 188 cm³/mol. The molecular formula is C38H37N7O3. The van der Waals surface area contributed by atoms with E-state index in [1.807, 2.05) is 117 Å². The molecule has 2 N–H and O–H groups in total. The molecule has 1 fully saturated rings. The van der Waals surface area contributed by atoms with Crippen molar-refractivity contribution in [2.24, 2.45) is 0 Å². The Kier molecular flexibility index (Phi) is 8.48. The fraction of sp³-hybridized carbons (Fsp3) is 0.211. The number of methoxy groups -OCH3 is 1. The van der Waals surface area contributed by atoms with Gasteiger partial charge in [0.1, 0.15) is 23.8 Å². The lowest BCUT2D eigenvalue weighted by Gasteiger charge is -2.16. The number of fused-ring (bicyclic) bond motifs is 1. The average molecular weight is 640 g/mol. The van der Waals surface area contributed by atoms with E-state index in [1.165, 1.54) is 0 Å². The fourth-order valence-corrected chi connectivity index (χ4v) is 5.83. The van der Waals surface area contributed by atoms with Gasteiger partial charge in [-0.2, -0.15) is 5.10 Å². The van der Waals surface area contributed by atoms with Crippen molar-refractivity contribution in [3.05, 3.63) is 115 Å². The molecule has 3 heterocycles. The standard InChI is InChI=1S/C38H37N7O3/c1-44(2)21-22-48-30-14-8-13-29(24-30)41-37-39-20-17-32(42-37)34-33-16-15-31(47-3)25-45(33)43-35(34)26-9-7-12-28(23-26)40-36(46)38(18-19-38)27-10-5-4-6-11-27/h4-17,20,23-25H,18-19,21-22H2,1-3H3,(H,40,46)(H,39,41,42). The van der Waals surface area contributed by atoms with Gasteiger partial charge in [0.25, 0.3) is 0 Å². The highest BCUT2D eigenvalue weighted by atomic mass is 16.5. The predicted octanol–water partition coefficient (Wildman–Crippen LogP) is 6.82. The van der Waals surface area contributed by atoms with E-state index in [9.17, 15) is 4.79 Å². The Morgan fingerprint density at radius 2 is 1.73 bits per heavy atom. The van der Waals surface area contributed by atoms with Crippen LogP contribution in [-0.2, 0) is 10.2 Å². The van der Waals surface area contributed by atoms with Gasteiger partial charge in [-0.15, -0.1) is 0 Å². The van der Waals surface area contributed by atoms with E-state index in [0.29, 0.717) is 35.4 Å². The lowest BCUT2D eigenvalue weighted by atomic mass is 9.95. The second-order valence-corrected chi connectivity index (χ2v) is 12.2. The molecule has 1 amide bonds. The van der Waals surface area contributed by atoms with Crippen LogP contribution in [0, 0.1) is 0 Å². The molecule has 1 aliphatic rings. The summed E-state index contributed by atoms with van der Waals surface area (Å²) >= 11 is 0. The first-order chi connectivity index (χ1) is 23.4. The smallest absolute Gasteiger partial charge is 0.235 e. The largest absolute Gasteiger partial charge is 0.495 e. The molecule has 0 bridgehead atoms. The first kappa shape index (κ1) is 30.9. The van der Waals surface area contributed by atoms with Gasteiger partial charge in [0.15, 0.2) is 0 Å². The molecule has 1 saturated carbocycles. The molecule has 10 heteroatoms. The van der Waals surface area contributed by atoms with E-state index in [4.69, 9.17) is 19.6 Å². The monoisotopic (exact) mass is 639 g/mol. The molecule has 7 rings (SSSR count). The van der Waals surface area contributed by atoms with Crippen molar-refractivity contribution >= 4 is 28.7 Å². The highest BCUT2D eigenvalue weighted by Gasteiger charge is 2.51. The number of ether oxygens (including phenoxy) is 2. The first-order valence-corrected chi connectivity index (χ1v) is 15.9. The van der Waals surface area contributed by atoms with Crippen LogP contribution in [0.1, 0.15) is 18.4 Å². The van der Waals surface area contributed by atoms with E-state index >= 15 is 0 Å². The number of carbonyl (C=O) groups is 1. The van der Waals surface area contributed by atoms with Crippen molar-refractivity contribution in [3.8, 4) is 34.0 Å².